The Morgan fingerprint density at radius 2 is 2.17 bits per heavy atom. The molecule has 0 atom stereocenters. The Labute approximate surface area is 104 Å². The van der Waals surface area contributed by atoms with Gasteiger partial charge in [0.05, 0.1) is 6.20 Å². The fraction of sp³-hybridized carbons (Fsp3) is 0.333. The molecule has 18 heavy (non-hydrogen) atoms. The van der Waals surface area contributed by atoms with Crippen LogP contribution in [0.1, 0.15) is 13.8 Å². The summed E-state index contributed by atoms with van der Waals surface area (Å²) < 4.78 is 16.1. The average molecular weight is 250 g/mol. The molecule has 0 bridgehead atoms. The molecule has 0 aliphatic rings. The second-order valence-electron chi connectivity index (χ2n) is 4.37. The van der Waals surface area contributed by atoms with Crippen LogP contribution in [0.4, 0.5) is 10.1 Å². The fourth-order valence-corrected chi connectivity index (χ4v) is 1.69. The van der Waals surface area contributed by atoms with E-state index in [2.05, 4.69) is 10.4 Å². The summed E-state index contributed by atoms with van der Waals surface area (Å²) in [4.78, 5) is 12.2. The summed E-state index contributed by atoms with van der Waals surface area (Å²) in [5, 5.41) is 6.96. The van der Waals surface area contributed by atoms with Crippen LogP contribution in [0, 0.1) is 5.82 Å². The van der Waals surface area contributed by atoms with Crippen molar-refractivity contribution in [1.29, 1.82) is 0 Å². The third kappa shape index (κ3) is 2.27. The van der Waals surface area contributed by atoms with E-state index in [0.29, 0.717) is 5.69 Å². The van der Waals surface area contributed by atoms with E-state index in [1.54, 1.807) is 19.2 Å². The van der Waals surface area contributed by atoms with Crippen molar-refractivity contribution in [3.63, 3.8) is 0 Å². The first-order valence-electron chi connectivity index (χ1n) is 5.66. The van der Waals surface area contributed by atoms with Crippen LogP contribution >= 0.6 is 0 Å². The highest BCUT2D eigenvalue weighted by Gasteiger charge is 2.12. The minimum atomic E-state index is -0.527. The molecule has 1 N–H and O–H groups in total. The molecule has 6 heteroatoms. The summed E-state index contributed by atoms with van der Waals surface area (Å²) in [6.45, 7) is 3.86. The van der Waals surface area contributed by atoms with Gasteiger partial charge in [-0.05, 0) is 26.0 Å². The number of nitrogens with zero attached hydrogens (tertiary/aromatic N) is 3. The summed E-state index contributed by atoms with van der Waals surface area (Å²) in [6, 6.07) is 3.47. The molecule has 0 radical (unpaired) electrons. The maximum absolute atomic E-state index is 13.6. The van der Waals surface area contributed by atoms with E-state index in [4.69, 9.17) is 0 Å². The summed E-state index contributed by atoms with van der Waals surface area (Å²) in [7, 11) is 1.60. The van der Waals surface area contributed by atoms with E-state index in [9.17, 15) is 9.18 Å². The van der Waals surface area contributed by atoms with Gasteiger partial charge < -0.3 is 5.32 Å². The number of rotatable bonds is 3. The second-order valence-corrected chi connectivity index (χ2v) is 4.37. The lowest BCUT2D eigenvalue weighted by Crippen LogP contribution is -2.25. The molecule has 5 nitrogen and oxygen atoms in total. The second kappa shape index (κ2) is 4.64. The number of hydrogen-bond donors (Lipinski definition) is 1. The van der Waals surface area contributed by atoms with Crippen molar-refractivity contribution in [3.05, 3.63) is 40.7 Å². The number of aromatic nitrogens is 3. The molecule has 0 unspecified atom stereocenters. The molecule has 0 saturated heterocycles. The van der Waals surface area contributed by atoms with E-state index < -0.39 is 5.82 Å². The van der Waals surface area contributed by atoms with E-state index in [1.807, 2.05) is 13.8 Å². The predicted octanol–water partition coefficient (Wildman–Crippen LogP) is 1.53. The van der Waals surface area contributed by atoms with E-state index in [-0.39, 0.29) is 17.4 Å². The van der Waals surface area contributed by atoms with Crippen molar-refractivity contribution in [2.75, 3.05) is 5.32 Å². The highest BCUT2D eigenvalue weighted by molar-refractivity contribution is 5.43. The number of hydrogen-bond acceptors (Lipinski definition) is 3. The Kier molecular flexibility index (Phi) is 3.18. The minimum Gasteiger partial charge on any atom is -0.378 e. The van der Waals surface area contributed by atoms with Crippen LogP contribution in [0.15, 0.2) is 29.3 Å². The molecule has 2 aromatic rings. The monoisotopic (exact) mass is 250 g/mol. The van der Waals surface area contributed by atoms with Gasteiger partial charge in [-0.2, -0.15) is 5.10 Å². The van der Waals surface area contributed by atoms with Crippen molar-refractivity contribution in [2.45, 2.75) is 19.9 Å². The molecule has 0 fully saturated rings. The molecule has 0 spiro atoms. The van der Waals surface area contributed by atoms with Crippen LogP contribution in [-0.2, 0) is 7.05 Å². The number of pyridine rings is 1. The van der Waals surface area contributed by atoms with Crippen LogP contribution in [0.3, 0.4) is 0 Å². The molecule has 96 valence electrons. The molecule has 2 rings (SSSR count). The normalized spacial score (nSPS) is 10.9. The van der Waals surface area contributed by atoms with Crippen molar-refractivity contribution in [2.24, 2.45) is 7.05 Å². The van der Waals surface area contributed by atoms with Crippen LogP contribution in [-0.4, -0.2) is 20.4 Å². The minimum absolute atomic E-state index is 0.00917. The van der Waals surface area contributed by atoms with Crippen molar-refractivity contribution in [1.82, 2.24) is 14.3 Å². The molecule has 0 amide bonds. The fourth-order valence-electron chi connectivity index (χ4n) is 1.69. The summed E-state index contributed by atoms with van der Waals surface area (Å²) in [5.74, 6) is -0.517. The first-order chi connectivity index (χ1) is 8.49. The number of nitrogens with one attached hydrogen (secondary N) is 1. The number of halogens is 1. The number of anilines is 1. The van der Waals surface area contributed by atoms with Crippen molar-refractivity contribution < 1.29 is 4.39 Å². The molecule has 0 aliphatic heterocycles. The zero-order valence-electron chi connectivity index (χ0n) is 10.5. The summed E-state index contributed by atoms with van der Waals surface area (Å²) in [6.07, 6.45) is 2.73. The molecular formula is C12H15FN4O. The first kappa shape index (κ1) is 12.3. The Balaban J connectivity index is 2.53. The number of aryl methyl sites for hydroxylation is 1. The average Bonchev–Trinajstić information content (AvgIpc) is 2.60. The van der Waals surface area contributed by atoms with Gasteiger partial charge in [0.1, 0.15) is 5.69 Å². The predicted molar refractivity (Wildman–Crippen MR) is 67.5 cm³/mol. The highest BCUT2D eigenvalue weighted by atomic mass is 19.1. The van der Waals surface area contributed by atoms with Gasteiger partial charge >= 0.3 is 0 Å². The van der Waals surface area contributed by atoms with Gasteiger partial charge in [-0.3, -0.25) is 14.0 Å². The molecular weight excluding hydrogens is 235 g/mol. The lowest BCUT2D eigenvalue weighted by molar-refractivity contribution is 0.615. The SMILES string of the molecule is CC(C)Nc1cccn(-c2nn(C)cc2F)c1=O. The summed E-state index contributed by atoms with van der Waals surface area (Å²) in [5.41, 5.74) is 0.112. The van der Waals surface area contributed by atoms with Crippen LogP contribution in [0.25, 0.3) is 5.82 Å². The Morgan fingerprint density at radius 3 is 2.72 bits per heavy atom. The standard InChI is InChI=1S/C12H15FN4O/c1-8(2)14-10-5-4-6-17(12(10)18)11-9(13)7-16(3)15-11/h4-8,14H,1-3H3. The molecule has 0 aromatic carbocycles. The Morgan fingerprint density at radius 1 is 1.44 bits per heavy atom. The van der Waals surface area contributed by atoms with Crippen LogP contribution in [0.5, 0.6) is 0 Å². The topological polar surface area (TPSA) is 51.9 Å². The van der Waals surface area contributed by atoms with E-state index in [1.165, 1.54) is 21.6 Å². The molecule has 2 heterocycles. The van der Waals surface area contributed by atoms with Gasteiger partial charge in [0, 0.05) is 19.3 Å². The van der Waals surface area contributed by atoms with Gasteiger partial charge in [-0.15, -0.1) is 0 Å². The van der Waals surface area contributed by atoms with E-state index in [0.717, 1.165) is 0 Å². The smallest absolute Gasteiger partial charge is 0.279 e. The molecule has 0 aliphatic carbocycles. The van der Waals surface area contributed by atoms with Crippen LogP contribution < -0.4 is 10.9 Å². The molecule has 2 aromatic heterocycles. The van der Waals surface area contributed by atoms with Gasteiger partial charge in [0.2, 0.25) is 0 Å². The first-order valence-corrected chi connectivity index (χ1v) is 5.66. The van der Waals surface area contributed by atoms with Gasteiger partial charge in [0.15, 0.2) is 11.6 Å². The largest absolute Gasteiger partial charge is 0.378 e. The lowest BCUT2D eigenvalue weighted by Gasteiger charge is -2.10. The van der Waals surface area contributed by atoms with Gasteiger partial charge in [-0.25, -0.2) is 4.39 Å². The van der Waals surface area contributed by atoms with Crippen LogP contribution in [0.2, 0.25) is 0 Å². The van der Waals surface area contributed by atoms with Crippen molar-refractivity contribution >= 4 is 5.69 Å². The van der Waals surface area contributed by atoms with Crippen molar-refractivity contribution in [3.8, 4) is 5.82 Å². The Hall–Kier alpha value is -2.11. The van der Waals surface area contributed by atoms with Gasteiger partial charge in [0.25, 0.3) is 5.56 Å². The Bertz CT molecular complexity index is 615. The third-order valence-corrected chi connectivity index (χ3v) is 2.39. The molecule has 0 saturated carbocycles. The lowest BCUT2D eigenvalue weighted by atomic mass is 10.3. The third-order valence-electron chi connectivity index (χ3n) is 2.39. The summed E-state index contributed by atoms with van der Waals surface area (Å²) >= 11 is 0. The quantitative estimate of drug-likeness (QED) is 0.898. The maximum Gasteiger partial charge on any atom is 0.279 e. The van der Waals surface area contributed by atoms with E-state index >= 15 is 0 Å². The maximum atomic E-state index is 13.6. The van der Waals surface area contributed by atoms with Gasteiger partial charge in [-0.1, -0.05) is 0 Å². The zero-order chi connectivity index (χ0) is 13.3. The highest BCUT2D eigenvalue weighted by Crippen LogP contribution is 2.09. The zero-order valence-corrected chi connectivity index (χ0v) is 10.5.